The molecule has 2 aromatic heterocycles. The second-order valence-electron chi connectivity index (χ2n) is 12.1. The van der Waals surface area contributed by atoms with E-state index >= 15 is 0 Å². The van der Waals surface area contributed by atoms with Crippen molar-refractivity contribution in [2.24, 2.45) is 0 Å². The Morgan fingerprint density at radius 1 is 0.636 bits per heavy atom. The zero-order valence-corrected chi connectivity index (χ0v) is 27.5. The van der Waals surface area contributed by atoms with Crippen LogP contribution in [0, 0.1) is 0 Å². The molecule has 0 aliphatic heterocycles. The van der Waals surface area contributed by atoms with Crippen LogP contribution < -0.4 is 4.74 Å². The molecule has 0 aliphatic carbocycles. The SMILES string of the molecule is CCCCCCCCCCCCCCCCOc1ccc(C(c2ccc(CO)[nH]2)c2ccc(C(O)c3ccccc3)s2)cc1. The van der Waals surface area contributed by atoms with Crippen molar-refractivity contribution in [3.8, 4) is 5.75 Å². The minimum absolute atomic E-state index is 0.0266. The Hall–Kier alpha value is -2.86. The molecule has 2 unspecified atom stereocenters. The number of unbranched alkanes of at least 4 members (excludes halogenated alkanes) is 13. The van der Waals surface area contributed by atoms with E-state index in [1.807, 2.05) is 48.5 Å². The first-order valence-electron chi connectivity index (χ1n) is 17.0. The molecule has 4 rings (SSSR count). The van der Waals surface area contributed by atoms with E-state index in [0.29, 0.717) is 0 Å². The number of ether oxygens (including phenoxy) is 1. The topological polar surface area (TPSA) is 65.5 Å². The van der Waals surface area contributed by atoms with Crippen LogP contribution in [0.1, 0.15) is 141 Å². The average Bonchev–Trinajstić information content (AvgIpc) is 3.74. The fraction of sp³-hybridized carbons (Fsp3) is 0.487. The normalized spacial score (nSPS) is 12.8. The molecule has 238 valence electrons. The molecule has 44 heavy (non-hydrogen) atoms. The van der Waals surface area contributed by atoms with Gasteiger partial charge in [0.1, 0.15) is 11.9 Å². The molecule has 0 spiro atoms. The van der Waals surface area contributed by atoms with Gasteiger partial charge in [-0.05, 0) is 53.9 Å². The summed E-state index contributed by atoms with van der Waals surface area (Å²) in [5.41, 5.74) is 3.84. The van der Waals surface area contributed by atoms with Crippen LogP contribution >= 0.6 is 11.3 Å². The monoisotopic (exact) mass is 615 g/mol. The lowest BCUT2D eigenvalue weighted by Gasteiger charge is -2.16. The number of hydrogen-bond donors (Lipinski definition) is 3. The molecule has 0 saturated carbocycles. The van der Waals surface area contributed by atoms with Gasteiger partial charge in [-0.1, -0.05) is 133 Å². The number of aromatic nitrogens is 1. The highest BCUT2D eigenvalue weighted by Gasteiger charge is 2.22. The molecule has 2 aromatic carbocycles. The van der Waals surface area contributed by atoms with E-state index in [9.17, 15) is 10.2 Å². The van der Waals surface area contributed by atoms with Gasteiger partial charge in [0.05, 0.1) is 19.1 Å². The Bertz CT molecular complexity index is 1300. The predicted molar refractivity (Wildman–Crippen MR) is 185 cm³/mol. The molecule has 4 nitrogen and oxygen atoms in total. The number of aliphatic hydroxyl groups excluding tert-OH is 2. The maximum Gasteiger partial charge on any atom is 0.119 e. The molecule has 0 radical (unpaired) electrons. The van der Waals surface area contributed by atoms with Crippen LogP contribution in [0.25, 0.3) is 0 Å². The fourth-order valence-electron chi connectivity index (χ4n) is 5.93. The van der Waals surface area contributed by atoms with Gasteiger partial charge in [0.2, 0.25) is 0 Å². The molecule has 2 heterocycles. The van der Waals surface area contributed by atoms with Crippen LogP contribution in [-0.4, -0.2) is 21.8 Å². The lowest BCUT2D eigenvalue weighted by atomic mass is 9.94. The van der Waals surface area contributed by atoms with Gasteiger partial charge >= 0.3 is 0 Å². The van der Waals surface area contributed by atoms with Crippen molar-refractivity contribution in [1.82, 2.24) is 4.98 Å². The smallest absolute Gasteiger partial charge is 0.119 e. The van der Waals surface area contributed by atoms with Crippen molar-refractivity contribution in [2.45, 2.75) is 115 Å². The predicted octanol–water partition coefficient (Wildman–Crippen LogP) is 10.7. The van der Waals surface area contributed by atoms with Gasteiger partial charge in [-0.2, -0.15) is 0 Å². The molecule has 2 atom stereocenters. The Labute approximate surface area is 269 Å². The van der Waals surface area contributed by atoms with Crippen LogP contribution in [-0.2, 0) is 6.61 Å². The largest absolute Gasteiger partial charge is 0.494 e. The number of nitrogens with one attached hydrogen (secondary N) is 1. The second-order valence-corrected chi connectivity index (χ2v) is 13.2. The third kappa shape index (κ3) is 10.9. The van der Waals surface area contributed by atoms with Crippen LogP contribution in [0.2, 0.25) is 0 Å². The van der Waals surface area contributed by atoms with Crippen molar-refractivity contribution >= 4 is 11.3 Å². The fourth-order valence-corrected chi connectivity index (χ4v) is 7.10. The summed E-state index contributed by atoms with van der Waals surface area (Å²) in [6.45, 7) is 3.01. The zero-order chi connectivity index (χ0) is 30.8. The third-order valence-electron chi connectivity index (χ3n) is 8.55. The Morgan fingerprint density at radius 3 is 1.82 bits per heavy atom. The van der Waals surface area contributed by atoms with Crippen LogP contribution in [0.5, 0.6) is 5.75 Å². The van der Waals surface area contributed by atoms with Crippen LogP contribution in [0.4, 0.5) is 0 Å². The minimum Gasteiger partial charge on any atom is -0.494 e. The number of rotatable bonds is 22. The van der Waals surface area contributed by atoms with Gasteiger partial charge in [0.15, 0.2) is 0 Å². The molecule has 0 amide bonds. The van der Waals surface area contributed by atoms with Crippen molar-refractivity contribution in [3.63, 3.8) is 0 Å². The van der Waals surface area contributed by atoms with Gasteiger partial charge in [0, 0.05) is 21.1 Å². The Kier molecular flexibility index (Phi) is 15.1. The highest BCUT2D eigenvalue weighted by molar-refractivity contribution is 7.12. The van der Waals surface area contributed by atoms with E-state index in [-0.39, 0.29) is 12.5 Å². The van der Waals surface area contributed by atoms with E-state index in [1.54, 1.807) is 11.3 Å². The quantitative estimate of drug-likeness (QED) is 0.0771. The van der Waals surface area contributed by atoms with Crippen molar-refractivity contribution in [1.29, 1.82) is 0 Å². The van der Waals surface area contributed by atoms with E-state index < -0.39 is 6.10 Å². The number of hydrogen-bond acceptors (Lipinski definition) is 4. The maximum atomic E-state index is 11.0. The van der Waals surface area contributed by atoms with Crippen molar-refractivity contribution in [3.05, 3.63) is 111 Å². The first-order chi connectivity index (χ1) is 21.7. The highest BCUT2D eigenvalue weighted by atomic mass is 32.1. The molecular weight excluding hydrogens is 563 g/mol. The van der Waals surface area contributed by atoms with Crippen LogP contribution in [0.3, 0.4) is 0 Å². The van der Waals surface area contributed by atoms with Gasteiger partial charge in [-0.3, -0.25) is 0 Å². The van der Waals surface area contributed by atoms with Crippen molar-refractivity contribution < 1.29 is 14.9 Å². The molecule has 0 bridgehead atoms. The van der Waals surface area contributed by atoms with Gasteiger partial charge < -0.3 is 19.9 Å². The first kappa shape index (κ1) is 34.0. The maximum absolute atomic E-state index is 11.0. The van der Waals surface area contributed by atoms with E-state index in [2.05, 4.69) is 42.2 Å². The van der Waals surface area contributed by atoms with Crippen LogP contribution in [0.15, 0.2) is 78.9 Å². The van der Waals surface area contributed by atoms with Gasteiger partial charge in [-0.25, -0.2) is 0 Å². The molecular formula is C39H53NO3S. The molecule has 4 aromatic rings. The standard InChI is InChI=1S/C39H53NO3S/c1-2-3-4-5-6-7-8-9-10-11-12-13-14-18-29-43-34-24-21-31(22-25-34)38(35-26-23-33(30-41)40-35)36-27-28-37(44-36)39(42)32-19-16-15-17-20-32/h15-17,19-28,38-42H,2-14,18,29-30H2,1H3. The number of H-pyrrole nitrogens is 1. The lowest BCUT2D eigenvalue weighted by molar-refractivity contribution is 0.224. The molecule has 0 fully saturated rings. The first-order valence-corrected chi connectivity index (χ1v) is 17.8. The number of thiophene rings is 1. The minimum atomic E-state index is -0.655. The van der Waals surface area contributed by atoms with E-state index in [1.165, 1.54) is 83.5 Å². The summed E-state index contributed by atoms with van der Waals surface area (Å²) in [6.07, 6.45) is 18.3. The molecule has 0 aliphatic rings. The summed E-state index contributed by atoms with van der Waals surface area (Å²) in [6, 6.07) is 26.3. The average molecular weight is 616 g/mol. The second kappa shape index (κ2) is 19.5. The van der Waals surface area contributed by atoms with Gasteiger partial charge in [-0.15, -0.1) is 11.3 Å². The third-order valence-corrected chi connectivity index (χ3v) is 9.75. The van der Waals surface area contributed by atoms with Crippen molar-refractivity contribution in [2.75, 3.05) is 6.61 Å². The van der Waals surface area contributed by atoms with E-state index in [4.69, 9.17) is 4.74 Å². The summed E-state index contributed by atoms with van der Waals surface area (Å²) >= 11 is 1.62. The number of aliphatic hydroxyl groups is 2. The Morgan fingerprint density at radius 2 is 1.23 bits per heavy atom. The summed E-state index contributed by atoms with van der Waals surface area (Å²) in [7, 11) is 0. The zero-order valence-electron chi connectivity index (χ0n) is 26.7. The number of benzene rings is 2. The lowest BCUT2D eigenvalue weighted by Crippen LogP contribution is -2.03. The summed E-state index contributed by atoms with van der Waals surface area (Å²) in [5.74, 6) is 0.868. The summed E-state index contributed by atoms with van der Waals surface area (Å²) < 4.78 is 6.09. The van der Waals surface area contributed by atoms with E-state index in [0.717, 1.165) is 51.0 Å². The van der Waals surface area contributed by atoms with Gasteiger partial charge in [0.25, 0.3) is 0 Å². The summed E-state index contributed by atoms with van der Waals surface area (Å²) in [5, 5.41) is 20.7. The molecule has 0 saturated heterocycles. The molecule has 3 N–H and O–H groups in total. The summed E-state index contributed by atoms with van der Waals surface area (Å²) in [4.78, 5) is 5.44. The molecule has 5 heteroatoms. The number of aromatic amines is 1. The Balaban J connectivity index is 1.21. The highest BCUT2D eigenvalue weighted by Crippen LogP contribution is 2.39.